The summed E-state index contributed by atoms with van der Waals surface area (Å²) < 4.78 is 56.3. The highest BCUT2D eigenvalue weighted by Gasteiger charge is 2.67. The molecule has 0 radical (unpaired) electrons. The van der Waals surface area contributed by atoms with Gasteiger partial charge in [0.25, 0.3) is 5.91 Å². The maximum atomic E-state index is 14.6. The van der Waals surface area contributed by atoms with Gasteiger partial charge in [-0.3, -0.25) is 14.6 Å². The summed E-state index contributed by atoms with van der Waals surface area (Å²) in [6.07, 6.45) is -1.71. The highest BCUT2D eigenvalue weighted by molar-refractivity contribution is 6.32. The molecule has 196 valence electrons. The number of halogens is 5. The maximum Gasteiger partial charge on any atom is 0.395 e. The van der Waals surface area contributed by atoms with Crippen LogP contribution in [0.5, 0.6) is 0 Å². The summed E-state index contributed by atoms with van der Waals surface area (Å²) in [5, 5.41) is 4.90. The van der Waals surface area contributed by atoms with Crippen LogP contribution in [0.3, 0.4) is 0 Å². The summed E-state index contributed by atoms with van der Waals surface area (Å²) >= 11 is 6.17. The van der Waals surface area contributed by atoms with E-state index in [-0.39, 0.29) is 48.9 Å². The second-order valence-electron chi connectivity index (χ2n) is 9.30. The Morgan fingerprint density at radius 2 is 1.92 bits per heavy atom. The highest BCUT2D eigenvalue weighted by Crippen LogP contribution is 2.66. The van der Waals surface area contributed by atoms with Gasteiger partial charge in [0.05, 0.1) is 16.0 Å². The molecule has 0 bridgehead atoms. The fraction of sp³-hybridized carbons (Fsp3) is 0.480. The molecule has 0 aliphatic heterocycles. The van der Waals surface area contributed by atoms with E-state index in [2.05, 4.69) is 15.6 Å². The normalized spacial score (nSPS) is 16.4. The minimum Gasteiger partial charge on any atom is -0.355 e. The minimum atomic E-state index is -4.43. The van der Waals surface area contributed by atoms with Gasteiger partial charge >= 0.3 is 6.18 Å². The first-order chi connectivity index (χ1) is 16.9. The van der Waals surface area contributed by atoms with E-state index < -0.39 is 35.1 Å². The maximum absolute atomic E-state index is 14.6. The molecule has 2 atom stereocenters. The molecule has 0 spiro atoms. The van der Waals surface area contributed by atoms with Crippen molar-refractivity contribution in [1.29, 1.82) is 0 Å². The predicted octanol–water partition coefficient (Wildman–Crippen LogP) is 4.34. The number of hydrogen-bond acceptors (Lipinski definition) is 4. The first-order valence-electron chi connectivity index (χ1n) is 11.5. The van der Waals surface area contributed by atoms with Crippen molar-refractivity contribution in [2.45, 2.75) is 43.8 Å². The number of aromatic nitrogens is 1. The number of nitrogens with zero attached hydrogens (tertiary/aromatic N) is 2. The lowest BCUT2D eigenvalue weighted by molar-refractivity contribution is -0.194. The molecule has 1 heterocycles. The van der Waals surface area contributed by atoms with Gasteiger partial charge in [0.2, 0.25) is 5.91 Å². The zero-order chi connectivity index (χ0) is 26.7. The van der Waals surface area contributed by atoms with Gasteiger partial charge in [0.15, 0.2) is 5.82 Å². The molecule has 2 aromatic rings. The number of alkyl halides is 3. The van der Waals surface area contributed by atoms with E-state index in [1.807, 2.05) is 0 Å². The van der Waals surface area contributed by atoms with Gasteiger partial charge in [-0.15, -0.1) is 0 Å². The molecule has 3 rings (SSSR count). The molecule has 6 nitrogen and oxygen atoms in total. The molecule has 11 heteroatoms. The summed E-state index contributed by atoms with van der Waals surface area (Å²) in [4.78, 5) is 30.4. The van der Waals surface area contributed by atoms with E-state index in [0.717, 1.165) is 0 Å². The lowest BCUT2D eigenvalue weighted by Crippen LogP contribution is -2.43. The number of carbonyl (C=O) groups excluding carboxylic acids is 2. The highest BCUT2D eigenvalue weighted by atomic mass is 35.5. The van der Waals surface area contributed by atoms with Gasteiger partial charge in [-0.2, -0.15) is 13.2 Å². The fourth-order valence-corrected chi connectivity index (χ4v) is 4.66. The summed E-state index contributed by atoms with van der Waals surface area (Å²) in [5.41, 5.74) is -1.28. The summed E-state index contributed by atoms with van der Waals surface area (Å²) in [6, 6.07) is 5.69. The number of nitrogens with one attached hydrogen (secondary N) is 2. The van der Waals surface area contributed by atoms with Crippen molar-refractivity contribution in [2.75, 3.05) is 27.7 Å². The number of carbonyl (C=O) groups is 2. The molecule has 1 saturated carbocycles. The van der Waals surface area contributed by atoms with Crippen molar-refractivity contribution < 1.29 is 27.2 Å². The van der Waals surface area contributed by atoms with Crippen molar-refractivity contribution >= 4 is 23.4 Å². The number of amides is 2. The molecule has 1 aliphatic carbocycles. The molecule has 1 aromatic heterocycles. The van der Waals surface area contributed by atoms with E-state index in [1.165, 1.54) is 25.5 Å². The zero-order valence-electron chi connectivity index (χ0n) is 20.3. The Kier molecular flexibility index (Phi) is 8.61. The van der Waals surface area contributed by atoms with Gasteiger partial charge in [-0.1, -0.05) is 23.7 Å². The Hall–Kier alpha value is -2.72. The summed E-state index contributed by atoms with van der Waals surface area (Å²) in [5.74, 6) is -2.99. The van der Waals surface area contributed by atoms with E-state index in [4.69, 9.17) is 11.6 Å². The SMILES string of the molecule is CNC(=O)c1ccc(C[C@@H](CNC(=O)C[C@H](c2cccnc2)C2(C(F)(F)F)CC2)N(C)C)c(Cl)c1F. The molecule has 0 unspecified atom stereocenters. The molecule has 36 heavy (non-hydrogen) atoms. The second-order valence-corrected chi connectivity index (χ2v) is 9.68. The Bertz CT molecular complexity index is 1090. The molecule has 1 aromatic carbocycles. The van der Waals surface area contributed by atoms with Crippen LogP contribution in [0.25, 0.3) is 0 Å². The monoisotopic (exact) mass is 528 g/mol. The van der Waals surface area contributed by atoms with Crippen LogP contribution in [0.2, 0.25) is 5.02 Å². The van der Waals surface area contributed by atoms with Gasteiger partial charge in [0, 0.05) is 44.4 Å². The summed E-state index contributed by atoms with van der Waals surface area (Å²) in [7, 11) is 4.91. The van der Waals surface area contributed by atoms with Crippen LogP contribution in [0.1, 0.15) is 46.7 Å². The van der Waals surface area contributed by atoms with Crippen LogP contribution in [0.15, 0.2) is 36.7 Å². The number of benzene rings is 1. The van der Waals surface area contributed by atoms with Crippen molar-refractivity contribution in [3.05, 3.63) is 64.2 Å². The van der Waals surface area contributed by atoms with Gasteiger partial charge in [-0.25, -0.2) is 4.39 Å². The average molecular weight is 529 g/mol. The van der Waals surface area contributed by atoms with Crippen LogP contribution >= 0.6 is 11.6 Å². The standard InChI is InChI=1S/C25H29ClF4N4O2/c1-31-23(36)18-7-6-15(21(26)22(18)27)11-17(34(2)3)14-33-20(35)12-19(16-5-4-10-32-13-16)24(8-9-24)25(28,29)30/h4-7,10,13,17,19H,8-9,11-12,14H2,1-3H3,(H,31,36)(H,33,35)/t17-,19+/m0/s1. The second kappa shape index (κ2) is 11.1. The Morgan fingerprint density at radius 3 is 2.44 bits per heavy atom. The lowest BCUT2D eigenvalue weighted by Gasteiger charge is -2.30. The first kappa shape index (κ1) is 27.9. The molecule has 0 saturated heterocycles. The lowest BCUT2D eigenvalue weighted by atomic mass is 9.80. The topological polar surface area (TPSA) is 74.3 Å². The summed E-state index contributed by atoms with van der Waals surface area (Å²) in [6.45, 7) is 0.111. The predicted molar refractivity (Wildman–Crippen MR) is 128 cm³/mol. The largest absolute Gasteiger partial charge is 0.395 e. The van der Waals surface area contributed by atoms with E-state index in [9.17, 15) is 27.2 Å². The molecular weight excluding hydrogens is 500 g/mol. The Balaban J connectivity index is 1.71. The molecule has 1 fully saturated rings. The van der Waals surface area contributed by atoms with Crippen LogP contribution in [-0.2, 0) is 11.2 Å². The average Bonchev–Trinajstić information content (AvgIpc) is 3.65. The third-order valence-corrected chi connectivity index (χ3v) is 7.26. The van der Waals surface area contributed by atoms with E-state index in [0.29, 0.717) is 11.1 Å². The molecule has 2 amide bonds. The van der Waals surface area contributed by atoms with Crippen molar-refractivity contribution in [2.24, 2.45) is 5.41 Å². The Labute approximate surface area is 212 Å². The molecule has 2 N–H and O–H groups in total. The first-order valence-corrected chi connectivity index (χ1v) is 11.9. The van der Waals surface area contributed by atoms with Crippen molar-refractivity contribution in [3.63, 3.8) is 0 Å². The van der Waals surface area contributed by atoms with E-state index in [1.54, 1.807) is 37.2 Å². The van der Waals surface area contributed by atoms with Crippen molar-refractivity contribution in [3.8, 4) is 0 Å². The van der Waals surface area contributed by atoms with Gasteiger partial charge < -0.3 is 15.5 Å². The number of pyridine rings is 1. The zero-order valence-corrected chi connectivity index (χ0v) is 21.0. The minimum absolute atomic E-state index is 0.0280. The van der Waals surface area contributed by atoms with Gasteiger partial charge in [0.1, 0.15) is 0 Å². The smallest absolute Gasteiger partial charge is 0.355 e. The van der Waals surface area contributed by atoms with Gasteiger partial charge in [-0.05, 0) is 56.6 Å². The third-order valence-electron chi connectivity index (χ3n) is 6.85. The van der Waals surface area contributed by atoms with Crippen LogP contribution in [0.4, 0.5) is 17.6 Å². The number of rotatable bonds is 10. The molecule has 1 aliphatic rings. The quantitative estimate of drug-likeness (QED) is 0.450. The Morgan fingerprint density at radius 1 is 1.22 bits per heavy atom. The van der Waals surface area contributed by atoms with Crippen LogP contribution in [-0.4, -0.2) is 61.6 Å². The third kappa shape index (κ3) is 5.98. The van der Waals surface area contributed by atoms with Crippen LogP contribution < -0.4 is 10.6 Å². The van der Waals surface area contributed by atoms with Crippen LogP contribution in [0, 0.1) is 11.2 Å². The fourth-order valence-electron chi connectivity index (χ4n) is 4.42. The molecular formula is C25H29ClF4N4O2. The van der Waals surface area contributed by atoms with Crippen molar-refractivity contribution in [1.82, 2.24) is 20.5 Å². The number of hydrogen-bond donors (Lipinski definition) is 2. The van der Waals surface area contributed by atoms with E-state index >= 15 is 0 Å². The number of likely N-dealkylation sites (N-methyl/N-ethyl adjacent to an activating group) is 1.